The predicted octanol–water partition coefficient (Wildman–Crippen LogP) is 2.06. The highest BCUT2D eigenvalue weighted by Crippen LogP contribution is 2.29. The van der Waals surface area contributed by atoms with Gasteiger partial charge in [-0.05, 0) is 38.6 Å². The number of ether oxygens (including phenoxy) is 1. The Hall–Kier alpha value is -0.570. The van der Waals surface area contributed by atoms with Crippen LogP contribution in [0.4, 0.5) is 0 Å². The highest BCUT2D eigenvalue weighted by atomic mass is 16.5. The summed E-state index contributed by atoms with van der Waals surface area (Å²) in [5.41, 5.74) is 0. The van der Waals surface area contributed by atoms with Crippen LogP contribution in [0.25, 0.3) is 0 Å². The van der Waals surface area contributed by atoms with Crippen LogP contribution in [0.5, 0.6) is 0 Å². The Balaban J connectivity index is 2.14. The number of carbonyl (C=O) groups is 1. The van der Waals surface area contributed by atoms with Crippen LogP contribution in [0.2, 0.25) is 0 Å². The van der Waals surface area contributed by atoms with Crippen molar-refractivity contribution >= 4 is 5.97 Å². The molecule has 0 atom stereocenters. The second kappa shape index (κ2) is 6.83. The van der Waals surface area contributed by atoms with E-state index < -0.39 is 0 Å². The second-order valence-electron chi connectivity index (χ2n) is 4.30. The van der Waals surface area contributed by atoms with Crippen LogP contribution in [-0.2, 0) is 9.53 Å². The molecule has 0 N–H and O–H groups in total. The molecule has 88 valence electrons. The minimum Gasteiger partial charge on any atom is -0.466 e. The average molecular weight is 213 g/mol. The molecule has 1 saturated carbocycles. The molecule has 0 aromatic heterocycles. The molecule has 3 heteroatoms. The smallest absolute Gasteiger partial charge is 0.307 e. The van der Waals surface area contributed by atoms with E-state index >= 15 is 0 Å². The molecule has 15 heavy (non-hydrogen) atoms. The largest absolute Gasteiger partial charge is 0.466 e. The molecule has 1 fully saturated rings. The van der Waals surface area contributed by atoms with Crippen molar-refractivity contribution in [3.63, 3.8) is 0 Å². The van der Waals surface area contributed by atoms with Crippen LogP contribution in [0, 0.1) is 5.92 Å². The molecule has 0 spiro atoms. The Bertz CT molecular complexity index is 190. The van der Waals surface area contributed by atoms with Crippen molar-refractivity contribution in [3.8, 4) is 0 Å². The van der Waals surface area contributed by atoms with Gasteiger partial charge in [0.25, 0.3) is 0 Å². The molecule has 1 rings (SSSR count). The van der Waals surface area contributed by atoms with Crippen LogP contribution < -0.4 is 0 Å². The first-order valence-electron chi connectivity index (χ1n) is 6.14. The summed E-state index contributed by atoms with van der Waals surface area (Å²) >= 11 is 0. The number of carbonyl (C=O) groups excluding carboxylic acids is 1. The Morgan fingerprint density at radius 2 is 2.07 bits per heavy atom. The van der Waals surface area contributed by atoms with Crippen LogP contribution >= 0.6 is 0 Å². The zero-order valence-corrected chi connectivity index (χ0v) is 10.00. The molecule has 0 bridgehead atoms. The van der Waals surface area contributed by atoms with E-state index in [2.05, 4.69) is 11.8 Å². The lowest BCUT2D eigenvalue weighted by atomic mass is 10.3. The van der Waals surface area contributed by atoms with Gasteiger partial charge in [-0.3, -0.25) is 4.79 Å². The minimum atomic E-state index is -0.0607. The number of hydrogen-bond acceptors (Lipinski definition) is 3. The van der Waals surface area contributed by atoms with Crippen molar-refractivity contribution in [2.75, 3.05) is 26.2 Å². The zero-order chi connectivity index (χ0) is 11.1. The fourth-order valence-electron chi connectivity index (χ4n) is 1.76. The molecule has 1 aliphatic carbocycles. The van der Waals surface area contributed by atoms with Crippen molar-refractivity contribution in [2.24, 2.45) is 5.92 Å². The van der Waals surface area contributed by atoms with Gasteiger partial charge in [0.05, 0.1) is 13.0 Å². The number of esters is 1. The first-order chi connectivity index (χ1) is 7.26. The van der Waals surface area contributed by atoms with E-state index in [0.717, 1.165) is 25.4 Å². The lowest BCUT2D eigenvalue weighted by Crippen LogP contribution is -2.29. The zero-order valence-electron chi connectivity index (χ0n) is 10.00. The number of rotatable bonds is 8. The Morgan fingerprint density at radius 1 is 1.33 bits per heavy atom. The summed E-state index contributed by atoms with van der Waals surface area (Å²) < 4.78 is 4.93. The number of nitrogens with zero attached hydrogens (tertiary/aromatic N) is 1. The molecule has 0 aliphatic heterocycles. The Morgan fingerprint density at radius 3 is 2.60 bits per heavy atom. The summed E-state index contributed by atoms with van der Waals surface area (Å²) in [5.74, 6) is 0.841. The lowest BCUT2D eigenvalue weighted by Gasteiger charge is -2.20. The maximum absolute atomic E-state index is 11.2. The van der Waals surface area contributed by atoms with Crippen molar-refractivity contribution in [3.05, 3.63) is 0 Å². The summed E-state index contributed by atoms with van der Waals surface area (Å²) in [4.78, 5) is 13.6. The third-order valence-corrected chi connectivity index (χ3v) is 2.69. The lowest BCUT2D eigenvalue weighted by molar-refractivity contribution is -0.143. The minimum absolute atomic E-state index is 0.0607. The highest BCUT2D eigenvalue weighted by Gasteiger charge is 2.24. The van der Waals surface area contributed by atoms with Gasteiger partial charge >= 0.3 is 5.97 Å². The fourth-order valence-corrected chi connectivity index (χ4v) is 1.76. The van der Waals surface area contributed by atoms with Crippen molar-refractivity contribution in [2.45, 2.75) is 39.5 Å². The molecule has 1 aliphatic rings. The van der Waals surface area contributed by atoms with E-state index in [1.165, 1.54) is 19.4 Å². The quantitative estimate of drug-likeness (QED) is 0.578. The van der Waals surface area contributed by atoms with Gasteiger partial charge in [0.2, 0.25) is 0 Å². The molecule has 0 aromatic carbocycles. The third-order valence-electron chi connectivity index (χ3n) is 2.69. The van der Waals surface area contributed by atoms with E-state index in [1.54, 1.807) is 0 Å². The molecule has 0 saturated heterocycles. The normalized spacial score (nSPS) is 15.7. The van der Waals surface area contributed by atoms with E-state index in [0.29, 0.717) is 13.0 Å². The molecule has 0 radical (unpaired) electrons. The Kier molecular flexibility index (Phi) is 5.69. The Labute approximate surface area is 92.8 Å². The van der Waals surface area contributed by atoms with E-state index in [1.807, 2.05) is 6.92 Å². The fraction of sp³-hybridized carbons (Fsp3) is 0.917. The van der Waals surface area contributed by atoms with E-state index in [4.69, 9.17) is 4.74 Å². The van der Waals surface area contributed by atoms with Gasteiger partial charge < -0.3 is 9.64 Å². The molecule has 3 nitrogen and oxygen atoms in total. The topological polar surface area (TPSA) is 29.5 Å². The van der Waals surface area contributed by atoms with Gasteiger partial charge in [-0.25, -0.2) is 0 Å². The molecule has 0 aromatic rings. The molecule has 0 unspecified atom stereocenters. The summed E-state index contributed by atoms with van der Waals surface area (Å²) in [7, 11) is 0. The second-order valence-corrected chi connectivity index (χ2v) is 4.30. The van der Waals surface area contributed by atoms with E-state index in [9.17, 15) is 4.79 Å². The summed E-state index contributed by atoms with van der Waals surface area (Å²) in [6, 6.07) is 0. The first-order valence-corrected chi connectivity index (χ1v) is 6.14. The van der Waals surface area contributed by atoms with E-state index in [-0.39, 0.29) is 5.97 Å². The maximum atomic E-state index is 11.2. The molecular weight excluding hydrogens is 190 g/mol. The highest BCUT2D eigenvalue weighted by molar-refractivity contribution is 5.69. The monoisotopic (exact) mass is 213 g/mol. The summed E-state index contributed by atoms with van der Waals surface area (Å²) in [6.45, 7) is 7.68. The maximum Gasteiger partial charge on any atom is 0.307 e. The summed E-state index contributed by atoms with van der Waals surface area (Å²) in [6.07, 6.45) is 4.45. The average Bonchev–Trinajstić information content (AvgIpc) is 2.99. The standard InChI is InChI=1S/C12H23NO2/c1-3-8-13(10-11-5-6-11)9-7-12(14)15-4-2/h11H,3-10H2,1-2H3. The summed E-state index contributed by atoms with van der Waals surface area (Å²) in [5, 5.41) is 0. The van der Waals surface area contributed by atoms with Crippen LogP contribution in [0.3, 0.4) is 0 Å². The molecule has 0 amide bonds. The van der Waals surface area contributed by atoms with Gasteiger partial charge in [-0.15, -0.1) is 0 Å². The van der Waals surface area contributed by atoms with Crippen LogP contribution in [0.15, 0.2) is 0 Å². The third kappa shape index (κ3) is 5.78. The van der Waals surface area contributed by atoms with Crippen molar-refractivity contribution in [1.82, 2.24) is 4.90 Å². The van der Waals surface area contributed by atoms with Gasteiger partial charge in [0.1, 0.15) is 0 Å². The van der Waals surface area contributed by atoms with Gasteiger partial charge in [0.15, 0.2) is 0 Å². The molecule has 0 heterocycles. The first kappa shape index (κ1) is 12.5. The molecular formula is C12H23NO2. The SMILES string of the molecule is CCCN(CCC(=O)OCC)CC1CC1. The van der Waals surface area contributed by atoms with Crippen molar-refractivity contribution in [1.29, 1.82) is 0 Å². The van der Waals surface area contributed by atoms with Gasteiger partial charge in [-0.2, -0.15) is 0 Å². The predicted molar refractivity (Wildman–Crippen MR) is 60.7 cm³/mol. The van der Waals surface area contributed by atoms with Crippen LogP contribution in [-0.4, -0.2) is 37.1 Å². The van der Waals surface area contributed by atoms with Gasteiger partial charge in [-0.1, -0.05) is 6.92 Å². The van der Waals surface area contributed by atoms with Crippen LogP contribution in [0.1, 0.15) is 39.5 Å². The van der Waals surface area contributed by atoms with Crippen molar-refractivity contribution < 1.29 is 9.53 Å². The van der Waals surface area contributed by atoms with Gasteiger partial charge in [0, 0.05) is 13.1 Å². The number of hydrogen-bond donors (Lipinski definition) is 0.